The fourth-order valence-corrected chi connectivity index (χ4v) is 6.78. The molecule has 8 heteroatoms. The normalized spacial score (nSPS) is 15.4. The molecule has 5 nitrogen and oxygen atoms in total. The van der Waals surface area contributed by atoms with Gasteiger partial charge >= 0.3 is 0 Å². The average molecular weight is 573 g/mol. The first-order chi connectivity index (χ1) is 17.6. The number of thiophene rings is 1. The molecule has 0 radical (unpaired) electrons. The maximum Gasteiger partial charge on any atom is 0.185 e. The Balaban J connectivity index is 1.52. The highest BCUT2D eigenvalue weighted by molar-refractivity contribution is 9.10. The van der Waals surface area contributed by atoms with E-state index in [1.165, 1.54) is 11.1 Å². The number of thiocarbonyl (C=S) groups is 1. The highest BCUT2D eigenvalue weighted by atomic mass is 79.9. The number of hydrogen-bond donors (Lipinski definition) is 2. The van der Waals surface area contributed by atoms with E-state index in [4.69, 9.17) is 17.3 Å². The van der Waals surface area contributed by atoms with Crippen LogP contribution in [-0.2, 0) is 6.54 Å². The van der Waals surface area contributed by atoms with Gasteiger partial charge in [-0.15, -0.1) is 21.5 Å². The van der Waals surface area contributed by atoms with Gasteiger partial charge in [0.15, 0.2) is 5.11 Å². The van der Waals surface area contributed by atoms with Crippen LogP contribution in [0.15, 0.2) is 89.4 Å². The fourth-order valence-electron chi connectivity index (χ4n) is 4.49. The van der Waals surface area contributed by atoms with Gasteiger partial charge in [0, 0.05) is 27.5 Å². The Morgan fingerprint density at radius 2 is 1.61 bits per heavy atom. The van der Waals surface area contributed by atoms with Crippen LogP contribution in [0.25, 0.3) is 32.6 Å². The van der Waals surface area contributed by atoms with Gasteiger partial charge in [-0.3, -0.25) is 5.43 Å². The van der Waals surface area contributed by atoms with Crippen molar-refractivity contribution in [2.24, 2.45) is 0 Å². The summed E-state index contributed by atoms with van der Waals surface area (Å²) in [5.41, 5.74) is 13.0. The van der Waals surface area contributed by atoms with Gasteiger partial charge in [0.05, 0.1) is 4.88 Å². The van der Waals surface area contributed by atoms with Crippen LogP contribution in [0.3, 0.4) is 0 Å². The summed E-state index contributed by atoms with van der Waals surface area (Å²) in [5, 5.41) is 11.1. The van der Waals surface area contributed by atoms with E-state index in [1.54, 1.807) is 11.3 Å². The zero-order valence-electron chi connectivity index (χ0n) is 19.4. The number of benzene rings is 3. The Labute approximate surface area is 227 Å². The maximum atomic E-state index is 5.65. The van der Waals surface area contributed by atoms with Crippen LogP contribution >= 0.6 is 39.5 Å². The molecular weight excluding hydrogens is 550 g/mol. The number of aryl methyl sites for hydroxylation is 1. The summed E-state index contributed by atoms with van der Waals surface area (Å²) in [6.45, 7) is 2.79. The Morgan fingerprint density at radius 3 is 2.33 bits per heavy atom. The third kappa shape index (κ3) is 4.20. The van der Waals surface area contributed by atoms with Gasteiger partial charge in [0.25, 0.3) is 0 Å². The number of fused-ring (bicyclic) bond motifs is 1. The van der Waals surface area contributed by atoms with E-state index in [0.29, 0.717) is 11.7 Å². The first-order valence-electron chi connectivity index (χ1n) is 11.6. The SMILES string of the molecule is Cc1ccc(-c2c(-c3ccccc3)nnc3sc(C4NNC(=S)N4Cc4ccccc4)c(Br)c23)cc1. The highest BCUT2D eigenvalue weighted by Gasteiger charge is 2.33. The van der Waals surface area contributed by atoms with Crippen molar-refractivity contribution in [3.8, 4) is 22.4 Å². The minimum atomic E-state index is -0.141. The van der Waals surface area contributed by atoms with E-state index in [9.17, 15) is 0 Å². The number of hydrogen-bond acceptors (Lipinski definition) is 5. The largest absolute Gasteiger partial charge is 0.322 e. The van der Waals surface area contributed by atoms with Crippen molar-refractivity contribution in [2.75, 3.05) is 0 Å². The van der Waals surface area contributed by atoms with Gasteiger partial charge < -0.3 is 4.90 Å². The number of nitrogens with one attached hydrogen (secondary N) is 2. The molecule has 0 aliphatic carbocycles. The molecule has 2 N–H and O–H groups in total. The molecule has 1 fully saturated rings. The smallest absolute Gasteiger partial charge is 0.185 e. The fraction of sp³-hybridized carbons (Fsp3) is 0.107. The second-order valence-corrected chi connectivity index (χ2v) is 10.9. The molecule has 1 unspecified atom stereocenters. The summed E-state index contributed by atoms with van der Waals surface area (Å²) in [4.78, 5) is 4.14. The highest BCUT2D eigenvalue weighted by Crippen LogP contribution is 2.46. The summed E-state index contributed by atoms with van der Waals surface area (Å²) in [6, 6.07) is 29.2. The summed E-state index contributed by atoms with van der Waals surface area (Å²) >= 11 is 11.3. The van der Waals surface area contributed by atoms with E-state index in [1.807, 2.05) is 36.4 Å². The lowest BCUT2D eigenvalue weighted by atomic mass is 9.96. The van der Waals surface area contributed by atoms with Gasteiger partial charge in [-0.25, -0.2) is 5.43 Å². The van der Waals surface area contributed by atoms with Crippen molar-refractivity contribution in [3.63, 3.8) is 0 Å². The summed E-state index contributed by atoms with van der Waals surface area (Å²) < 4.78 is 1.01. The Kier molecular flexibility index (Phi) is 6.27. The van der Waals surface area contributed by atoms with Crippen LogP contribution in [0.1, 0.15) is 22.2 Å². The zero-order valence-corrected chi connectivity index (χ0v) is 22.6. The van der Waals surface area contributed by atoms with Crippen LogP contribution in [0.5, 0.6) is 0 Å². The molecule has 0 amide bonds. The number of hydrazine groups is 1. The Bertz CT molecular complexity index is 1550. The Morgan fingerprint density at radius 1 is 0.917 bits per heavy atom. The van der Waals surface area contributed by atoms with Gasteiger partial charge in [0.1, 0.15) is 16.7 Å². The maximum absolute atomic E-state index is 5.65. The summed E-state index contributed by atoms with van der Waals surface area (Å²) in [6.07, 6.45) is -0.141. The molecule has 5 aromatic rings. The molecule has 3 heterocycles. The van der Waals surface area contributed by atoms with E-state index in [2.05, 4.69) is 92.2 Å². The molecule has 1 saturated heterocycles. The first-order valence-corrected chi connectivity index (χ1v) is 13.6. The predicted molar refractivity (Wildman–Crippen MR) is 154 cm³/mol. The van der Waals surface area contributed by atoms with E-state index < -0.39 is 0 Å². The number of rotatable bonds is 5. The average Bonchev–Trinajstić information content (AvgIpc) is 3.44. The summed E-state index contributed by atoms with van der Waals surface area (Å²) in [5.74, 6) is 0. The molecule has 2 aromatic heterocycles. The van der Waals surface area contributed by atoms with Gasteiger partial charge in [-0.05, 0) is 46.2 Å². The van der Waals surface area contributed by atoms with Crippen LogP contribution in [-0.4, -0.2) is 20.2 Å². The Hall–Kier alpha value is -3.17. The molecular formula is C28H22BrN5S2. The van der Waals surface area contributed by atoms with E-state index >= 15 is 0 Å². The van der Waals surface area contributed by atoms with Crippen molar-refractivity contribution in [2.45, 2.75) is 19.6 Å². The van der Waals surface area contributed by atoms with Gasteiger partial charge in [-0.1, -0.05) is 90.5 Å². The lowest BCUT2D eigenvalue weighted by molar-refractivity contribution is 0.313. The molecule has 1 aliphatic heterocycles. The number of halogens is 1. The van der Waals surface area contributed by atoms with Crippen molar-refractivity contribution in [1.29, 1.82) is 0 Å². The van der Waals surface area contributed by atoms with Crippen LogP contribution in [0, 0.1) is 6.92 Å². The topological polar surface area (TPSA) is 53.1 Å². The van der Waals surface area contributed by atoms with Crippen molar-refractivity contribution in [3.05, 3.63) is 105 Å². The molecule has 1 aliphatic rings. The first kappa shape index (κ1) is 23.2. The van der Waals surface area contributed by atoms with Crippen molar-refractivity contribution < 1.29 is 0 Å². The predicted octanol–water partition coefficient (Wildman–Crippen LogP) is 6.99. The number of nitrogens with zero attached hydrogens (tertiary/aromatic N) is 3. The molecule has 6 rings (SSSR count). The third-order valence-corrected chi connectivity index (χ3v) is 8.85. The van der Waals surface area contributed by atoms with Crippen molar-refractivity contribution >= 4 is 54.8 Å². The van der Waals surface area contributed by atoms with Gasteiger partial charge in [0.2, 0.25) is 0 Å². The number of aromatic nitrogens is 2. The molecule has 0 spiro atoms. The van der Waals surface area contributed by atoms with E-state index in [-0.39, 0.29) is 6.17 Å². The summed E-state index contributed by atoms with van der Waals surface area (Å²) in [7, 11) is 0. The lowest BCUT2D eigenvalue weighted by Gasteiger charge is -2.23. The molecule has 3 aromatic carbocycles. The molecule has 1 atom stereocenters. The lowest BCUT2D eigenvalue weighted by Crippen LogP contribution is -2.29. The van der Waals surface area contributed by atoms with Gasteiger partial charge in [-0.2, -0.15) is 0 Å². The van der Waals surface area contributed by atoms with Crippen molar-refractivity contribution in [1.82, 2.24) is 25.9 Å². The minimum Gasteiger partial charge on any atom is -0.322 e. The second-order valence-electron chi connectivity index (χ2n) is 8.71. The quantitative estimate of drug-likeness (QED) is 0.222. The van der Waals surface area contributed by atoms with E-state index in [0.717, 1.165) is 42.0 Å². The van der Waals surface area contributed by atoms with Crippen LogP contribution < -0.4 is 10.9 Å². The molecule has 0 bridgehead atoms. The standard InChI is InChI=1S/C28H22BrN5S2/c1-17-12-14-19(15-13-17)21-22-23(29)25(36-27(22)32-30-24(21)20-10-6-3-7-11-20)26-31-33-28(35)34(26)16-18-8-4-2-5-9-18/h2-15,26,31H,16H2,1H3,(H,33,35). The third-order valence-electron chi connectivity index (χ3n) is 6.30. The molecule has 178 valence electrons. The van der Waals surface area contributed by atoms with Crippen LogP contribution in [0.4, 0.5) is 0 Å². The minimum absolute atomic E-state index is 0.141. The molecule has 0 saturated carbocycles. The van der Waals surface area contributed by atoms with Crippen LogP contribution in [0.2, 0.25) is 0 Å². The zero-order chi connectivity index (χ0) is 24.6. The monoisotopic (exact) mass is 571 g/mol. The second kappa shape index (κ2) is 9.71. The molecule has 36 heavy (non-hydrogen) atoms.